The summed E-state index contributed by atoms with van der Waals surface area (Å²) in [5.41, 5.74) is 1.15. The highest BCUT2D eigenvalue weighted by Crippen LogP contribution is 2.23. The first-order chi connectivity index (χ1) is 10.7. The minimum absolute atomic E-state index is 0.784. The van der Waals surface area contributed by atoms with E-state index in [0.29, 0.717) is 0 Å². The van der Waals surface area contributed by atoms with Gasteiger partial charge in [-0.25, -0.2) is 0 Å². The monoisotopic (exact) mass is 302 g/mol. The lowest BCUT2D eigenvalue weighted by Gasteiger charge is -2.17. The average Bonchev–Trinajstić information content (AvgIpc) is 3.12. The van der Waals surface area contributed by atoms with Gasteiger partial charge in [0.25, 0.3) is 0 Å². The number of aromatic nitrogens is 3. The fraction of sp³-hybridized carbons (Fsp3) is 0.500. The van der Waals surface area contributed by atoms with Crippen LogP contribution >= 0.6 is 0 Å². The maximum Gasteiger partial charge on any atom is 0.147 e. The molecule has 1 aromatic heterocycles. The second kappa shape index (κ2) is 6.36. The van der Waals surface area contributed by atoms with Crippen molar-refractivity contribution in [1.29, 1.82) is 0 Å². The highest BCUT2D eigenvalue weighted by atomic mass is 16.5. The average molecular weight is 302 g/mol. The molecule has 0 amide bonds. The first kappa shape index (κ1) is 14.8. The van der Waals surface area contributed by atoms with Crippen molar-refractivity contribution < 1.29 is 9.47 Å². The van der Waals surface area contributed by atoms with Crippen LogP contribution in [0.5, 0.6) is 11.5 Å². The Morgan fingerprint density at radius 1 is 1.09 bits per heavy atom. The predicted octanol–water partition coefficient (Wildman–Crippen LogP) is 1.87. The van der Waals surface area contributed by atoms with Crippen LogP contribution in [0.1, 0.15) is 23.6 Å². The lowest BCUT2D eigenvalue weighted by Crippen LogP contribution is -2.20. The Morgan fingerprint density at radius 3 is 2.50 bits per heavy atom. The SMILES string of the molecule is COc1cc(CN(C)Cc2nnc3n2CCC3)cc(OC)c1. The van der Waals surface area contributed by atoms with E-state index in [9.17, 15) is 0 Å². The molecule has 6 heteroatoms. The first-order valence-corrected chi connectivity index (χ1v) is 7.51. The molecular formula is C16H22N4O2. The quantitative estimate of drug-likeness (QED) is 0.815. The van der Waals surface area contributed by atoms with Gasteiger partial charge >= 0.3 is 0 Å². The molecule has 1 aliphatic heterocycles. The second-order valence-electron chi connectivity index (χ2n) is 5.68. The summed E-state index contributed by atoms with van der Waals surface area (Å²) >= 11 is 0. The van der Waals surface area contributed by atoms with E-state index in [-0.39, 0.29) is 0 Å². The van der Waals surface area contributed by atoms with Crippen molar-refractivity contribution in [3.63, 3.8) is 0 Å². The highest BCUT2D eigenvalue weighted by molar-refractivity contribution is 5.38. The van der Waals surface area contributed by atoms with Crippen molar-refractivity contribution in [2.45, 2.75) is 32.5 Å². The molecule has 22 heavy (non-hydrogen) atoms. The third kappa shape index (κ3) is 3.06. The smallest absolute Gasteiger partial charge is 0.147 e. The number of methoxy groups -OCH3 is 2. The molecule has 0 saturated carbocycles. The third-order valence-electron chi connectivity index (χ3n) is 3.96. The molecule has 0 N–H and O–H groups in total. The van der Waals surface area contributed by atoms with Gasteiger partial charge in [-0.3, -0.25) is 4.90 Å². The van der Waals surface area contributed by atoms with Crippen LogP contribution in [0.4, 0.5) is 0 Å². The molecule has 1 aliphatic rings. The molecule has 6 nitrogen and oxygen atoms in total. The van der Waals surface area contributed by atoms with Crippen LogP contribution in [0.2, 0.25) is 0 Å². The normalized spacial score (nSPS) is 13.5. The minimum atomic E-state index is 0.784. The van der Waals surface area contributed by atoms with Crippen molar-refractivity contribution in [3.8, 4) is 11.5 Å². The summed E-state index contributed by atoms with van der Waals surface area (Å²) in [4.78, 5) is 2.23. The molecule has 0 bridgehead atoms. The molecule has 0 radical (unpaired) electrons. The molecule has 0 unspecified atom stereocenters. The van der Waals surface area contributed by atoms with Gasteiger partial charge in [-0.1, -0.05) is 0 Å². The topological polar surface area (TPSA) is 52.4 Å². The van der Waals surface area contributed by atoms with E-state index in [2.05, 4.69) is 26.7 Å². The molecule has 3 rings (SSSR count). The van der Waals surface area contributed by atoms with E-state index in [4.69, 9.17) is 9.47 Å². The van der Waals surface area contributed by atoms with Crippen LogP contribution in [0.15, 0.2) is 18.2 Å². The van der Waals surface area contributed by atoms with E-state index in [1.165, 1.54) is 6.42 Å². The number of ether oxygens (including phenoxy) is 2. The van der Waals surface area contributed by atoms with Gasteiger partial charge in [0.2, 0.25) is 0 Å². The summed E-state index contributed by atoms with van der Waals surface area (Å²) in [6, 6.07) is 5.95. The van der Waals surface area contributed by atoms with E-state index >= 15 is 0 Å². The zero-order chi connectivity index (χ0) is 15.5. The van der Waals surface area contributed by atoms with Crippen molar-refractivity contribution in [2.24, 2.45) is 0 Å². The van der Waals surface area contributed by atoms with Crippen LogP contribution in [0.25, 0.3) is 0 Å². The molecule has 0 atom stereocenters. The van der Waals surface area contributed by atoms with Crippen LogP contribution in [0.3, 0.4) is 0 Å². The maximum atomic E-state index is 5.32. The number of fused-ring (bicyclic) bond motifs is 1. The van der Waals surface area contributed by atoms with Crippen molar-refractivity contribution >= 4 is 0 Å². The van der Waals surface area contributed by atoms with Gasteiger partial charge in [-0.15, -0.1) is 10.2 Å². The second-order valence-corrected chi connectivity index (χ2v) is 5.68. The molecule has 0 saturated heterocycles. The standard InChI is InChI=1S/C16H22N4O2/c1-19(11-16-18-17-15-5-4-6-20(15)16)10-12-7-13(21-2)9-14(8-12)22-3/h7-9H,4-6,10-11H2,1-3H3. The summed E-state index contributed by atoms with van der Waals surface area (Å²) < 4.78 is 12.9. The van der Waals surface area contributed by atoms with Crippen LogP contribution in [-0.2, 0) is 26.1 Å². The summed E-state index contributed by atoms with van der Waals surface area (Å²) in [6.45, 7) is 2.63. The Labute approximate surface area is 130 Å². The summed E-state index contributed by atoms with van der Waals surface area (Å²) in [6.07, 6.45) is 2.22. The minimum Gasteiger partial charge on any atom is -0.497 e. The number of hydrogen-bond donors (Lipinski definition) is 0. The van der Waals surface area contributed by atoms with Gasteiger partial charge < -0.3 is 14.0 Å². The van der Waals surface area contributed by atoms with Gasteiger partial charge in [0, 0.05) is 25.6 Å². The van der Waals surface area contributed by atoms with Crippen LogP contribution in [0, 0.1) is 0 Å². The predicted molar refractivity (Wildman–Crippen MR) is 83.1 cm³/mol. The number of rotatable bonds is 6. The molecule has 1 aromatic carbocycles. The van der Waals surface area contributed by atoms with Crippen molar-refractivity contribution in [2.75, 3.05) is 21.3 Å². The number of nitrogens with zero attached hydrogens (tertiary/aromatic N) is 4. The van der Waals surface area contributed by atoms with Gasteiger partial charge in [-0.05, 0) is 31.2 Å². The molecule has 0 spiro atoms. The van der Waals surface area contributed by atoms with Gasteiger partial charge in [0.1, 0.15) is 23.1 Å². The summed E-state index contributed by atoms with van der Waals surface area (Å²) in [7, 11) is 5.42. The third-order valence-corrected chi connectivity index (χ3v) is 3.96. The Kier molecular flexibility index (Phi) is 4.29. The molecule has 118 valence electrons. The van der Waals surface area contributed by atoms with Gasteiger partial charge in [0.15, 0.2) is 0 Å². The number of hydrogen-bond acceptors (Lipinski definition) is 5. The van der Waals surface area contributed by atoms with E-state index in [0.717, 1.165) is 54.8 Å². The van der Waals surface area contributed by atoms with E-state index in [1.54, 1.807) is 14.2 Å². The van der Waals surface area contributed by atoms with Gasteiger partial charge in [-0.2, -0.15) is 0 Å². The first-order valence-electron chi connectivity index (χ1n) is 7.51. The number of aryl methyl sites for hydroxylation is 1. The summed E-state index contributed by atoms with van der Waals surface area (Å²) in [5, 5.41) is 8.57. The molecule has 2 heterocycles. The lowest BCUT2D eigenvalue weighted by atomic mass is 10.2. The molecule has 0 aliphatic carbocycles. The highest BCUT2D eigenvalue weighted by Gasteiger charge is 2.18. The number of benzene rings is 1. The van der Waals surface area contributed by atoms with Crippen LogP contribution < -0.4 is 9.47 Å². The zero-order valence-corrected chi connectivity index (χ0v) is 13.4. The Hall–Kier alpha value is -2.08. The fourth-order valence-electron chi connectivity index (χ4n) is 2.89. The molecular weight excluding hydrogens is 280 g/mol. The molecule has 2 aromatic rings. The Morgan fingerprint density at radius 2 is 1.82 bits per heavy atom. The lowest BCUT2D eigenvalue weighted by molar-refractivity contribution is 0.303. The van der Waals surface area contributed by atoms with E-state index < -0.39 is 0 Å². The summed E-state index contributed by atoms with van der Waals surface area (Å²) in [5.74, 6) is 3.79. The largest absolute Gasteiger partial charge is 0.497 e. The fourth-order valence-corrected chi connectivity index (χ4v) is 2.89. The van der Waals surface area contributed by atoms with Gasteiger partial charge in [0.05, 0.1) is 20.8 Å². The Bertz CT molecular complexity index is 631. The Balaban J connectivity index is 1.69. The van der Waals surface area contributed by atoms with Crippen molar-refractivity contribution in [3.05, 3.63) is 35.4 Å². The van der Waals surface area contributed by atoms with Crippen LogP contribution in [-0.4, -0.2) is 40.9 Å². The maximum absolute atomic E-state index is 5.32. The molecule has 0 fully saturated rings. The van der Waals surface area contributed by atoms with Crippen molar-refractivity contribution in [1.82, 2.24) is 19.7 Å². The zero-order valence-electron chi connectivity index (χ0n) is 13.4. The van der Waals surface area contributed by atoms with E-state index in [1.807, 2.05) is 18.2 Å².